The van der Waals surface area contributed by atoms with Crippen molar-refractivity contribution in [3.8, 4) is 0 Å². The maximum absolute atomic E-state index is 11.7. The van der Waals surface area contributed by atoms with Gasteiger partial charge >= 0.3 is 5.97 Å². The molecule has 2 rings (SSSR count). The van der Waals surface area contributed by atoms with Gasteiger partial charge in [-0.05, 0) is 32.1 Å². The molecule has 84 valence electrons. The number of carbonyl (C=O) groups is 1. The number of hydrogen-bond donors (Lipinski definition) is 0. The molecule has 16 heavy (non-hydrogen) atoms. The van der Waals surface area contributed by atoms with Gasteiger partial charge in [0.05, 0.1) is 16.1 Å². The standard InChI is InChI=1S/C12H12BrNO2/c1-12(2)7-8(11(15)16-12)10(13)9-5-3-4-6-14-9/h3-7,10H,1-2H3. The van der Waals surface area contributed by atoms with Crippen LogP contribution in [0.2, 0.25) is 0 Å². The summed E-state index contributed by atoms with van der Waals surface area (Å²) in [5, 5.41) is 0. The Balaban J connectivity index is 2.30. The van der Waals surface area contributed by atoms with E-state index in [1.807, 2.05) is 38.1 Å². The highest BCUT2D eigenvalue weighted by atomic mass is 79.9. The zero-order valence-corrected chi connectivity index (χ0v) is 10.7. The smallest absolute Gasteiger partial charge is 0.336 e. The number of rotatable bonds is 2. The van der Waals surface area contributed by atoms with Crippen LogP contribution < -0.4 is 0 Å². The number of cyclic esters (lactones) is 1. The normalized spacial score (nSPS) is 20.2. The minimum atomic E-state index is -0.521. The van der Waals surface area contributed by atoms with E-state index in [2.05, 4.69) is 20.9 Å². The van der Waals surface area contributed by atoms with Crippen LogP contribution in [0.5, 0.6) is 0 Å². The number of esters is 1. The molecule has 0 saturated carbocycles. The number of ether oxygens (including phenoxy) is 1. The third-order valence-corrected chi connectivity index (χ3v) is 3.28. The molecule has 1 atom stereocenters. The first-order chi connectivity index (χ1) is 7.49. The minimum Gasteiger partial charge on any atom is -0.452 e. The van der Waals surface area contributed by atoms with Gasteiger partial charge in [-0.15, -0.1) is 0 Å². The van der Waals surface area contributed by atoms with Crippen molar-refractivity contribution in [2.45, 2.75) is 24.3 Å². The van der Waals surface area contributed by atoms with E-state index in [0.29, 0.717) is 5.57 Å². The van der Waals surface area contributed by atoms with Crippen molar-refractivity contribution in [1.82, 2.24) is 4.98 Å². The largest absolute Gasteiger partial charge is 0.452 e. The second-order valence-electron chi connectivity index (χ2n) is 4.21. The molecule has 0 saturated heterocycles. The van der Waals surface area contributed by atoms with Crippen LogP contribution in [-0.2, 0) is 9.53 Å². The lowest BCUT2D eigenvalue weighted by molar-refractivity contribution is -0.144. The highest BCUT2D eigenvalue weighted by Gasteiger charge is 2.35. The average molecular weight is 282 g/mol. The molecule has 1 aromatic rings. The Kier molecular flexibility index (Phi) is 2.84. The van der Waals surface area contributed by atoms with Crippen molar-refractivity contribution in [2.75, 3.05) is 0 Å². The number of halogens is 1. The quantitative estimate of drug-likeness (QED) is 0.618. The SMILES string of the molecule is CC1(C)C=C(C(Br)c2ccccn2)C(=O)O1. The lowest BCUT2D eigenvalue weighted by atomic mass is 10.1. The highest BCUT2D eigenvalue weighted by molar-refractivity contribution is 9.09. The van der Waals surface area contributed by atoms with Gasteiger partial charge in [-0.2, -0.15) is 0 Å². The van der Waals surface area contributed by atoms with E-state index in [1.54, 1.807) is 6.20 Å². The van der Waals surface area contributed by atoms with Gasteiger partial charge in [-0.25, -0.2) is 4.79 Å². The predicted octanol–water partition coefficient (Wildman–Crippen LogP) is 2.78. The van der Waals surface area contributed by atoms with Crippen molar-refractivity contribution < 1.29 is 9.53 Å². The molecule has 3 nitrogen and oxygen atoms in total. The topological polar surface area (TPSA) is 39.2 Å². The molecular formula is C12H12BrNO2. The highest BCUT2D eigenvalue weighted by Crippen LogP contribution is 2.36. The first kappa shape index (κ1) is 11.3. The number of carbonyl (C=O) groups excluding carboxylic acids is 1. The summed E-state index contributed by atoms with van der Waals surface area (Å²) < 4.78 is 5.21. The van der Waals surface area contributed by atoms with E-state index in [4.69, 9.17) is 4.74 Å². The van der Waals surface area contributed by atoms with Gasteiger partial charge in [0, 0.05) is 6.20 Å². The first-order valence-electron chi connectivity index (χ1n) is 5.01. The van der Waals surface area contributed by atoms with Crippen LogP contribution in [0.4, 0.5) is 0 Å². The van der Waals surface area contributed by atoms with Gasteiger partial charge in [-0.3, -0.25) is 4.98 Å². The van der Waals surface area contributed by atoms with E-state index in [1.165, 1.54) is 0 Å². The molecule has 0 amide bonds. The summed E-state index contributed by atoms with van der Waals surface area (Å²) in [6.45, 7) is 3.71. The van der Waals surface area contributed by atoms with E-state index < -0.39 is 5.60 Å². The summed E-state index contributed by atoms with van der Waals surface area (Å²) in [5.41, 5.74) is 0.903. The third kappa shape index (κ3) is 2.16. The van der Waals surface area contributed by atoms with E-state index in [9.17, 15) is 4.79 Å². The molecule has 1 aromatic heterocycles. The van der Waals surface area contributed by atoms with Gasteiger partial charge in [-0.1, -0.05) is 22.0 Å². The van der Waals surface area contributed by atoms with Gasteiger partial charge in [0.15, 0.2) is 0 Å². The molecule has 2 heterocycles. The Morgan fingerprint density at radius 3 is 2.69 bits per heavy atom. The summed E-state index contributed by atoms with van der Waals surface area (Å²) in [6.07, 6.45) is 3.54. The predicted molar refractivity (Wildman–Crippen MR) is 64.2 cm³/mol. The van der Waals surface area contributed by atoms with E-state index >= 15 is 0 Å². The minimum absolute atomic E-state index is 0.206. The van der Waals surface area contributed by atoms with Gasteiger partial charge in [0.25, 0.3) is 0 Å². The maximum atomic E-state index is 11.7. The Hall–Kier alpha value is -1.16. The molecule has 1 aliphatic rings. The van der Waals surface area contributed by atoms with Crippen molar-refractivity contribution in [3.05, 3.63) is 41.7 Å². The van der Waals surface area contributed by atoms with Crippen LogP contribution in [0.3, 0.4) is 0 Å². The average Bonchev–Trinajstić information content (AvgIpc) is 2.52. The van der Waals surface area contributed by atoms with E-state index in [0.717, 1.165) is 5.69 Å². The monoisotopic (exact) mass is 281 g/mol. The fourth-order valence-electron chi connectivity index (χ4n) is 1.62. The van der Waals surface area contributed by atoms with E-state index in [-0.39, 0.29) is 10.8 Å². The molecule has 1 aliphatic heterocycles. The number of aromatic nitrogens is 1. The van der Waals surface area contributed by atoms with Crippen molar-refractivity contribution >= 4 is 21.9 Å². The molecule has 0 spiro atoms. The number of hydrogen-bond acceptors (Lipinski definition) is 3. The Labute approximate surface area is 103 Å². The van der Waals surface area contributed by atoms with Crippen molar-refractivity contribution in [2.24, 2.45) is 0 Å². The number of nitrogens with zero attached hydrogens (tertiary/aromatic N) is 1. The van der Waals surface area contributed by atoms with Crippen LogP contribution in [-0.4, -0.2) is 16.6 Å². The van der Waals surface area contributed by atoms with Gasteiger partial charge in [0.2, 0.25) is 0 Å². The van der Waals surface area contributed by atoms with Crippen LogP contribution in [0, 0.1) is 0 Å². The third-order valence-electron chi connectivity index (χ3n) is 2.32. The van der Waals surface area contributed by atoms with Gasteiger partial charge < -0.3 is 4.74 Å². The Bertz CT molecular complexity index is 440. The van der Waals surface area contributed by atoms with Crippen LogP contribution in [0.15, 0.2) is 36.0 Å². The summed E-state index contributed by atoms with van der Waals surface area (Å²) in [7, 11) is 0. The summed E-state index contributed by atoms with van der Waals surface area (Å²) >= 11 is 3.47. The lowest BCUT2D eigenvalue weighted by Crippen LogP contribution is -2.18. The Morgan fingerprint density at radius 2 is 2.19 bits per heavy atom. The lowest BCUT2D eigenvalue weighted by Gasteiger charge is -2.12. The first-order valence-corrected chi connectivity index (χ1v) is 5.92. The fourth-order valence-corrected chi connectivity index (χ4v) is 2.21. The molecule has 1 unspecified atom stereocenters. The zero-order valence-electron chi connectivity index (χ0n) is 9.11. The zero-order chi connectivity index (χ0) is 11.8. The Morgan fingerprint density at radius 1 is 1.44 bits per heavy atom. The molecule has 0 aliphatic carbocycles. The van der Waals surface area contributed by atoms with Crippen LogP contribution in [0.1, 0.15) is 24.4 Å². The molecule has 0 radical (unpaired) electrons. The second-order valence-corrected chi connectivity index (χ2v) is 5.13. The molecule has 0 N–H and O–H groups in total. The van der Waals surface area contributed by atoms with Crippen LogP contribution >= 0.6 is 15.9 Å². The number of pyridine rings is 1. The number of alkyl halides is 1. The molecular weight excluding hydrogens is 270 g/mol. The van der Waals surface area contributed by atoms with Gasteiger partial charge in [0.1, 0.15) is 5.60 Å². The molecule has 0 bridgehead atoms. The maximum Gasteiger partial charge on any atom is 0.336 e. The van der Waals surface area contributed by atoms with Crippen molar-refractivity contribution in [1.29, 1.82) is 0 Å². The summed E-state index contributed by atoms with van der Waals surface area (Å²) in [6, 6.07) is 5.61. The second kappa shape index (κ2) is 4.01. The summed E-state index contributed by atoms with van der Waals surface area (Å²) in [5.74, 6) is -0.280. The fraction of sp³-hybridized carbons (Fsp3) is 0.333. The molecule has 0 fully saturated rings. The van der Waals surface area contributed by atoms with Crippen molar-refractivity contribution in [3.63, 3.8) is 0 Å². The summed E-state index contributed by atoms with van der Waals surface area (Å²) in [4.78, 5) is 15.7. The molecule has 0 aromatic carbocycles. The van der Waals surface area contributed by atoms with Crippen LogP contribution in [0.25, 0.3) is 0 Å². The molecule has 4 heteroatoms.